The Morgan fingerprint density at radius 1 is 1.42 bits per heavy atom. The van der Waals surface area contributed by atoms with Crippen LogP contribution in [-0.2, 0) is 4.74 Å². The monoisotopic (exact) mass is 299 g/mol. The average Bonchev–Trinajstić information content (AvgIpc) is 3.04. The number of methoxy groups -OCH3 is 1. The summed E-state index contributed by atoms with van der Waals surface area (Å²) in [7, 11) is 1.72. The highest BCUT2D eigenvalue weighted by molar-refractivity contribution is 7.16. The van der Waals surface area contributed by atoms with Crippen LogP contribution in [0.2, 0.25) is 4.34 Å². The molecule has 19 heavy (non-hydrogen) atoms. The van der Waals surface area contributed by atoms with E-state index in [0.717, 1.165) is 28.0 Å². The van der Waals surface area contributed by atoms with Crippen molar-refractivity contribution in [3.05, 3.63) is 45.5 Å². The Balaban J connectivity index is 2.11. The second kappa shape index (κ2) is 7.10. The van der Waals surface area contributed by atoms with Gasteiger partial charge in [0.25, 0.3) is 0 Å². The van der Waals surface area contributed by atoms with Gasteiger partial charge in [-0.05, 0) is 37.6 Å². The van der Waals surface area contributed by atoms with Crippen LogP contribution in [0.4, 0.5) is 0 Å². The molecule has 2 unspecified atom stereocenters. The lowest BCUT2D eigenvalue weighted by atomic mass is 10.1. The Morgan fingerprint density at radius 2 is 2.26 bits per heavy atom. The summed E-state index contributed by atoms with van der Waals surface area (Å²) >= 11 is 7.60. The summed E-state index contributed by atoms with van der Waals surface area (Å²) in [6.45, 7) is 2.88. The fourth-order valence-electron chi connectivity index (χ4n) is 1.91. The first kappa shape index (κ1) is 14.6. The highest BCUT2D eigenvalue weighted by atomic mass is 35.5. The zero-order chi connectivity index (χ0) is 13.7. The highest BCUT2D eigenvalue weighted by Gasteiger charge is 2.20. The summed E-state index contributed by atoms with van der Waals surface area (Å²) in [6.07, 6.45) is 2.64. The van der Waals surface area contributed by atoms with Crippen LogP contribution < -0.4 is 5.32 Å². The van der Waals surface area contributed by atoms with E-state index >= 15 is 0 Å². The fraction of sp³-hybridized carbons (Fsp3) is 0.429. The first-order valence-corrected chi connectivity index (χ1v) is 7.43. The molecular weight excluding hydrogens is 282 g/mol. The highest BCUT2D eigenvalue weighted by Crippen LogP contribution is 2.31. The van der Waals surface area contributed by atoms with E-state index in [1.807, 2.05) is 24.3 Å². The molecule has 2 aromatic heterocycles. The maximum absolute atomic E-state index is 6.03. The number of thiophene rings is 1. The van der Waals surface area contributed by atoms with Gasteiger partial charge in [-0.15, -0.1) is 11.3 Å². The maximum Gasteiger partial charge on any atom is 0.126 e. The Kier molecular flexibility index (Phi) is 5.45. The van der Waals surface area contributed by atoms with Crippen molar-refractivity contribution in [2.45, 2.75) is 25.4 Å². The smallest absolute Gasteiger partial charge is 0.126 e. The van der Waals surface area contributed by atoms with Crippen LogP contribution in [0, 0.1) is 0 Å². The third-order valence-electron chi connectivity index (χ3n) is 2.91. The summed E-state index contributed by atoms with van der Waals surface area (Å²) in [4.78, 5) is 1.16. The van der Waals surface area contributed by atoms with E-state index < -0.39 is 0 Å². The third kappa shape index (κ3) is 4.08. The number of halogens is 1. The van der Waals surface area contributed by atoms with Crippen LogP contribution in [0.1, 0.15) is 30.0 Å². The number of hydrogen-bond donors (Lipinski definition) is 1. The Hall–Kier alpha value is -0.810. The van der Waals surface area contributed by atoms with Gasteiger partial charge in [0.1, 0.15) is 11.8 Å². The minimum Gasteiger partial charge on any atom is -0.467 e. The van der Waals surface area contributed by atoms with Crippen molar-refractivity contribution in [3.8, 4) is 0 Å². The van der Waals surface area contributed by atoms with Gasteiger partial charge in [-0.25, -0.2) is 0 Å². The summed E-state index contributed by atoms with van der Waals surface area (Å²) in [5.41, 5.74) is 0. The predicted molar refractivity (Wildman–Crippen MR) is 79.0 cm³/mol. The minimum absolute atomic E-state index is 0.0411. The molecule has 2 atom stereocenters. The van der Waals surface area contributed by atoms with Crippen molar-refractivity contribution >= 4 is 22.9 Å². The fourth-order valence-corrected chi connectivity index (χ4v) is 3.04. The lowest BCUT2D eigenvalue weighted by molar-refractivity contribution is 0.183. The van der Waals surface area contributed by atoms with Gasteiger partial charge in [-0.1, -0.05) is 11.6 Å². The summed E-state index contributed by atoms with van der Waals surface area (Å²) in [5, 5.41) is 3.56. The van der Waals surface area contributed by atoms with Crippen LogP contribution in [0.5, 0.6) is 0 Å². The molecule has 5 heteroatoms. The Bertz CT molecular complexity index is 483. The number of rotatable bonds is 7. The van der Waals surface area contributed by atoms with Crippen LogP contribution in [0.25, 0.3) is 0 Å². The third-order valence-corrected chi connectivity index (χ3v) is 4.21. The molecule has 0 aliphatic rings. The summed E-state index contributed by atoms with van der Waals surface area (Å²) in [6, 6.07) is 8.21. The molecule has 2 aromatic rings. The normalized spacial score (nSPS) is 14.5. The molecule has 0 fully saturated rings. The van der Waals surface area contributed by atoms with Crippen molar-refractivity contribution in [2.75, 3.05) is 13.7 Å². The van der Waals surface area contributed by atoms with E-state index in [4.69, 9.17) is 20.8 Å². The molecule has 0 radical (unpaired) electrons. The van der Waals surface area contributed by atoms with Crippen LogP contribution in [-0.4, -0.2) is 19.8 Å². The predicted octanol–water partition coefficient (Wildman–Crippen LogP) is 4.10. The lowest BCUT2D eigenvalue weighted by Crippen LogP contribution is -2.31. The molecule has 104 valence electrons. The molecule has 0 saturated heterocycles. The van der Waals surface area contributed by atoms with Crippen molar-refractivity contribution in [1.82, 2.24) is 5.32 Å². The molecule has 0 amide bonds. The maximum atomic E-state index is 6.03. The molecule has 0 aromatic carbocycles. The van der Waals surface area contributed by atoms with Crippen LogP contribution in [0.15, 0.2) is 34.9 Å². The van der Waals surface area contributed by atoms with Gasteiger partial charge in [0.2, 0.25) is 0 Å². The number of hydrogen-bond acceptors (Lipinski definition) is 4. The molecule has 2 rings (SSSR count). The quantitative estimate of drug-likeness (QED) is 0.836. The van der Waals surface area contributed by atoms with E-state index in [1.165, 1.54) is 0 Å². The first-order chi connectivity index (χ1) is 9.20. The van der Waals surface area contributed by atoms with Crippen molar-refractivity contribution < 1.29 is 9.15 Å². The molecule has 0 bridgehead atoms. The largest absolute Gasteiger partial charge is 0.467 e. The zero-order valence-corrected chi connectivity index (χ0v) is 12.6. The number of ether oxygens (including phenoxy) is 1. The first-order valence-electron chi connectivity index (χ1n) is 6.24. The minimum atomic E-state index is 0.0411. The van der Waals surface area contributed by atoms with Crippen molar-refractivity contribution in [2.24, 2.45) is 0 Å². The molecule has 0 spiro atoms. The topological polar surface area (TPSA) is 34.4 Å². The van der Waals surface area contributed by atoms with E-state index in [2.05, 4.69) is 12.2 Å². The summed E-state index contributed by atoms with van der Waals surface area (Å²) < 4.78 is 11.4. The number of furan rings is 1. The van der Waals surface area contributed by atoms with Gasteiger partial charge in [0, 0.05) is 24.6 Å². The molecular formula is C14H18ClNO2S. The van der Waals surface area contributed by atoms with Gasteiger partial charge in [-0.3, -0.25) is 0 Å². The molecule has 1 N–H and O–H groups in total. The van der Waals surface area contributed by atoms with Crippen molar-refractivity contribution in [3.63, 3.8) is 0 Å². The van der Waals surface area contributed by atoms with Gasteiger partial charge < -0.3 is 14.5 Å². The van der Waals surface area contributed by atoms with E-state index in [1.54, 1.807) is 24.7 Å². The van der Waals surface area contributed by atoms with Crippen LogP contribution >= 0.6 is 22.9 Å². The van der Waals surface area contributed by atoms with E-state index in [0.29, 0.717) is 6.04 Å². The summed E-state index contributed by atoms with van der Waals surface area (Å²) in [5.74, 6) is 0.905. The zero-order valence-electron chi connectivity index (χ0n) is 11.1. The van der Waals surface area contributed by atoms with Gasteiger partial charge >= 0.3 is 0 Å². The molecule has 0 aliphatic carbocycles. The molecule has 3 nitrogen and oxygen atoms in total. The van der Waals surface area contributed by atoms with E-state index in [-0.39, 0.29) is 6.04 Å². The molecule has 0 aliphatic heterocycles. The number of nitrogens with one attached hydrogen (secondary N) is 1. The SMILES string of the molecule is COCCC(C)NC(c1ccco1)c1ccc(Cl)s1. The van der Waals surface area contributed by atoms with Gasteiger partial charge in [0.15, 0.2) is 0 Å². The molecule has 2 heterocycles. The van der Waals surface area contributed by atoms with Gasteiger partial charge in [0.05, 0.1) is 10.6 Å². The average molecular weight is 300 g/mol. The standard InChI is InChI=1S/C14H18ClNO2S/c1-10(7-9-17-2)16-14(11-4-3-8-18-11)12-5-6-13(15)19-12/h3-6,8,10,14,16H,7,9H2,1-2H3. The Morgan fingerprint density at radius 3 is 2.84 bits per heavy atom. The van der Waals surface area contributed by atoms with E-state index in [9.17, 15) is 0 Å². The second-order valence-corrected chi connectivity index (χ2v) is 6.19. The Labute approximate surface area is 122 Å². The van der Waals surface area contributed by atoms with Crippen molar-refractivity contribution in [1.29, 1.82) is 0 Å². The lowest BCUT2D eigenvalue weighted by Gasteiger charge is -2.20. The second-order valence-electron chi connectivity index (χ2n) is 4.44. The van der Waals surface area contributed by atoms with Gasteiger partial charge in [-0.2, -0.15) is 0 Å². The van der Waals surface area contributed by atoms with Crippen LogP contribution in [0.3, 0.4) is 0 Å². The molecule has 0 saturated carbocycles.